The molecule has 0 saturated carbocycles. The van der Waals surface area contributed by atoms with Crippen molar-refractivity contribution < 1.29 is 32.6 Å². The first-order valence-electron chi connectivity index (χ1n) is 9.75. The second-order valence-corrected chi connectivity index (χ2v) is 9.66. The average molecular weight is 446 g/mol. The molecule has 4 N–H and O–H groups in total. The van der Waals surface area contributed by atoms with E-state index in [2.05, 4.69) is 10.6 Å². The number of aliphatic hydroxyl groups excluding tert-OH is 1. The summed E-state index contributed by atoms with van der Waals surface area (Å²) in [6.45, 7) is 3.43. The second-order valence-electron chi connectivity index (χ2n) is 7.75. The van der Waals surface area contributed by atoms with E-state index in [0.29, 0.717) is 6.42 Å². The van der Waals surface area contributed by atoms with E-state index < -0.39 is 50.9 Å². The third-order valence-corrected chi connectivity index (χ3v) is 6.78. The third-order valence-electron chi connectivity index (χ3n) is 4.88. The fourth-order valence-corrected chi connectivity index (χ4v) is 4.98. The number of sulfonamides is 1. The van der Waals surface area contributed by atoms with Crippen LogP contribution in [0.4, 0.5) is 9.18 Å². The predicted octanol–water partition coefficient (Wildman–Crippen LogP) is 1.14. The highest BCUT2D eigenvalue weighted by Gasteiger charge is 2.35. The molecule has 3 atom stereocenters. The van der Waals surface area contributed by atoms with E-state index in [1.54, 1.807) is 0 Å². The largest absolute Gasteiger partial charge is 0.465 e. The van der Waals surface area contributed by atoms with Gasteiger partial charge in [-0.3, -0.25) is 4.79 Å². The Bertz CT molecular complexity index is 864. The van der Waals surface area contributed by atoms with Gasteiger partial charge in [0.2, 0.25) is 15.9 Å². The fraction of sp³-hybridized carbons (Fsp3) is 0.579. The van der Waals surface area contributed by atoms with E-state index in [1.165, 1.54) is 12.1 Å². The molecule has 30 heavy (non-hydrogen) atoms. The molecule has 1 aromatic carbocycles. The minimum absolute atomic E-state index is 0.0491. The van der Waals surface area contributed by atoms with Crippen LogP contribution in [0.25, 0.3) is 0 Å². The SMILES string of the molecule is CC(C)C[C@H](NC(=O)O)C(=O)NC1CCCN(S(=O)(=O)c2ccccc2F)CC1O. The molecule has 0 bridgehead atoms. The molecule has 0 aromatic heterocycles. The van der Waals surface area contributed by atoms with Crippen molar-refractivity contribution in [1.82, 2.24) is 14.9 Å². The average Bonchev–Trinajstić information content (AvgIpc) is 2.83. The molecule has 1 aliphatic rings. The van der Waals surface area contributed by atoms with Crippen LogP contribution in [0.5, 0.6) is 0 Å². The smallest absolute Gasteiger partial charge is 0.405 e. The minimum atomic E-state index is -4.15. The van der Waals surface area contributed by atoms with Gasteiger partial charge in [0.05, 0.1) is 12.1 Å². The van der Waals surface area contributed by atoms with Crippen molar-refractivity contribution in [1.29, 1.82) is 0 Å². The Balaban J connectivity index is 2.11. The molecular formula is C19H28FN3O6S. The maximum atomic E-state index is 14.0. The van der Waals surface area contributed by atoms with Crippen molar-refractivity contribution in [2.24, 2.45) is 5.92 Å². The number of aliphatic hydroxyl groups is 1. The molecule has 0 aliphatic carbocycles. The standard InChI is InChI=1S/C19H28FN3O6S/c1-12(2)10-15(22-19(26)27)18(25)21-14-7-5-9-23(11-16(14)24)30(28,29)17-8-4-3-6-13(17)20/h3-4,6,8,12,14-16,22,24H,5,7,9-11H2,1-2H3,(H,21,25)(H,26,27)/t14?,15-,16?/m0/s1. The van der Waals surface area contributed by atoms with Crippen LogP contribution in [0.3, 0.4) is 0 Å². The van der Waals surface area contributed by atoms with Crippen LogP contribution in [0.2, 0.25) is 0 Å². The van der Waals surface area contributed by atoms with Gasteiger partial charge < -0.3 is 20.8 Å². The molecule has 11 heteroatoms. The van der Waals surface area contributed by atoms with Gasteiger partial charge in [0.15, 0.2) is 0 Å². The Kier molecular flexibility index (Phi) is 8.16. The number of hydrogen-bond acceptors (Lipinski definition) is 5. The molecule has 2 amide bonds. The van der Waals surface area contributed by atoms with Crippen molar-refractivity contribution in [3.8, 4) is 0 Å². The zero-order valence-electron chi connectivity index (χ0n) is 16.9. The highest BCUT2D eigenvalue weighted by Crippen LogP contribution is 2.23. The molecule has 1 fully saturated rings. The van der Waals surface area contributed by atoms with E-state index >= 15 is 0 Å². The summed E-state index contributed by atoms with van der Waals surface area (Å²) in [4.78, 5) is 23.1. The predicted molar refractivity (Wildman–Crippen MR) is 107 cm³/mol. The van der Waals surface area contributed by atoms with Crippen molar-refractivity contribution in [3.05, 3.63) is 30.1 Å². The summed E-state index contributed by atoms with van der Waals surface area (Å²) in [6.07, 6.45) is -1.68. The molecule has 2 unspecified atom stereocenters. The van der Waals surface area contributed by atoms with Gasteiger partial charge in [-0.25, -0.2) is 17.6 Å². The van der Waals surface area contributed by atoms with Crippen LogP contribution in [0.15, 0.2) is 29.2 Å². The maximum absolute atomic E-state index is 14.0. The molecule has 1 heterocycles. The fourth-order valence-electron chi connectivity index (χ4n) is 3.42. The number of carbonyl (C=O) groups excluding carboxylic acids is 1. The highest BCUT2D eigenvalue weighted by atomic mass is 32.2. The van der Waals surface area contributed by atoms with Crippen LogP contribution in [-0.2, 0) is 14.8 Å². The number of benzene rings is 1. The van der Waals surface area contributed by atoms with Gasteiger partial charge in [-0.2, -0.15) is 4.31 Å². The van der Waals surface area contributed by atoms with E-state index in [-0.39, 0.29) is 31.8 Å². The molecular weight excluding hydrogens is 417 g/mol. The monoisotopic (exact) mass is 445 g/mol. The van der Waals surface area contributed by atoms with Crippen molar-refractivity contribution in [3.63, 3.8) is 0 Å². The van der Waals surface area contributed by atoms with Crippen LogP contribution in [0, 0.1) is 11.7 Å². The highest BCUT2D eigenvalue weighted by molar-refractivity contribution is 7.89. The quantitative estimate of drug-likeness (QED) is 0.497. The summed E-state index contributed by atoms with van der Waals surface area (Å²) in [6, 6.07) is 3.26. The molecule has 1 aromatic rings. The van der Waals surface area contributed by atoms with Crippen LogP contribution < -0.4 is 10.6 Å². The maximum Gasteiger partial charge on any atom is 0.405 e. The molecule has 0 radical (unpaired) electrons. The lowest BCUT2D eigenvalue weighted by Gasteiger charge is -2.27. The Labute approximate surface area is 175 Å². The lowest BCUT2D eigenvalue weighted by atomic mass is 10.0. The van der Waals surface area contributed by atoms with Gasteiger partial charge >= 0.3 is 6.09 Å². The molecule has 1 aliphatic heterocycles. The number of halogens is 1. The third kappa shape index (κ3) is 6.13. The number of amides is 2. The lowest BCUT2D eigenvalue weighted by Crippen LogP contribution is -2.53. The zero-order valence-corrected chi connectivity index (χ0v) is 17.7. The van der Waals surface area contributed by atoms with Gasteiger partial charge in [0.1, 0.15) is 16.8 Å². The van der Waals surface area contributed by atoms with E-state index in [0.717, 1.165) is 16.4 Å². The first-order valence-corrected chi connectivity index (χ1v) is 11.2. The molecule has 9 nitrogen and oxygen atoms in total. The van der Waals surface area contributed by atoms with Crippen molar-refractivity contribution >= 4 is 22.0 Å². The van der Waals surface area contributed by atoms with E-state index in [1.807, 2.05) is 13.8 Å². The summed E-state index contributed by atoms with van der Waals surface area (Å²) in [7, 11) is -4.15. The summed E-state index contributed by atoms with van der Waals surface area (Å²) < 4.78 is 40.6. The number of nitrogens with zero attached hydrogens (tertiary/aromatic N) is 1. The summed E-state index contributed by atoms with van der Waals surface area (Å²) in [5.74, 6) is -1.41. The van der Waals surface area contributed by atoms with Crippen molar-refractivity contribution in [2.45, 2.75) is 56.2 Å². The summed E-state index contributed by atoms with van der Waals surface area (Å²) in [5.41, 5.74) is 0. The number of rotatable bonds is 7. The molecule has 168 valence electrons. The number of β-amino-alcohol motifs (C(OH)–C–C–N with tert-alkyl or cyclic N) is 1. The second kappa shape index (κ2) is 10.2. The first-order chi connectivity index (χ1) is 14.0. The summed E-state index contributed by atoms with van der Waals surface area (Å²) >= 11 is 0. The molecule has 1 saturated heterocycles. The lowest BCUT2D eigenvalue weighted by molar-refractivity contribution is -0.125. The van der Waals surface area contributed by atoms with Gasteiger partial charge in [-0.05, 0) is 37.3 Å². The van der Waals surface area contributed by atoms with E-state index in [9.17, 15) is 27.5 Å². The Hall–Kier alpha value is -2.24. The van der Waals surface area contributed by atoms with E-state index in [4.69, 9.17) is 5.11 Å². The minimum Gasteiger partial charge on any atom is -0.465 e. The molecule has 2 rings (SSSR count). The number of carboxylic acid groups (broad SMARTS) is 1. The zero-order chi connectivity index (χ0) is 22.5. The van der Waals surface area contributed by atoms with Crippen molar-refractivity contribution in [2.75, 3.05) is 13.1 Å². The van der Waals surface area contributed by atoms with Gasteiger partial charge in [0.25, 0.3) is 0 Å². The van der Waals surface area contributed by atoms with Gasteiger partial charge in [-0.1, -0.05) is 26.0 Å². The van der Waals surface area contributed by atoms with Gasteiger partial charge in [-0.15, -0.1) is 0 Å². The Morgan fingerprint density at radius 3 is 2.57 bits per heavy atom. The van der Waals surface area contributed by atoms with Crippen LogP contribution >= 0.6 is 0 Å². The Morgan fingerprint density at radius 2 is 1.97 bits per heavy atom. The topological polar surface area (TPSA) is 136 Å². The Morgan fingerprint density at radius 1 is 1.30 bits per heavy atom. The normalized spacial score (nSPS) is 21.6. The molecule has 0 spiro atoms. The first kappa shape index (κ1) is 24.0. The summed E-state index contributed by atoms with van der Waals surface area (Å²) in [5, 5.41) is 24.3. The number of hydrogen-bond donors (Lipinski definition) is 4. The van der Waals surface area contributed by atoms with Crippen LogP contribution in [0.1, 0.15) is 33.1 Å². The van der Waals surface area contributed by atoms with Gasteiger partial charge in [0, 0.05) is 13.1 Å². The number of nitrogens with one attached hydrogen (secondary N) is 2. The van der Waals surface area contributed by atoms with Crippen LogP contribution in [-0.4, -0.2) is 66.2 Å². The number of carbonyl (C=O) groups is 2.